The van der Waals surface area contributed by atoms with Crippen molar-refractivity contribution in [2.45, 2.75) is 9.24 Å². The SMILES string of the molecule is Nc1ccc(Sc2nc3ccccc3s2)c2c1C(=O)c1ccccc1C2=O. The van der Waals surface area contributed by atoms with Gasteiger partial charge in [0, 0.05) is 27.3 Å². The molecule has 0 aliphatic heterocycles. The lowest BCUT2D eigenvalue weighted by molar-refractivity contribution is 0.0977. The van der Waals surface area contributed by atoms with E-state index in [0.717, 1.165) is 14.6 Å². The van der Waals surface area contributed by atoms with Crippen molar-refractivity contribution in [3.8, 4) is 0 Å². The summed E-state index contributed by atoms with van der Waals surface area (Å²) in [4.78, 5) is 31.4. The van der Waals surface area contributed by atoms with Crippen LogP contribution in [0.5, 0.6) is 0 Å². The molecule has 3 aromatic carbocycles. The van der Waals surface area contributed by atoms with Crippen molar-refractivity contribution >= 4 is 50.6 Å². The molecule has 0 amide bonds. The van der Waals surface area contributed by atoms with Crippen LogP contribution in [0.15, 0.2) is 69.9 Å². The molecule has 0 atom stereocenters. The van der Waals surface area contributed by atoms with Crippen LogP contribution in [0, 0.1) is 0 Å². The monoisotopic (exact) mass is 388 g/mol. The second-order valence-corrected chi connectivity index (χ2v) is 8.48. The molecule has 4 aromatic rings. The molecule has 130 valence electrons. The Kier molecular flexibility index (Phi) is 3.63. The summed E-state index contributed by atoms with van der Waals surface area (Å²) in [7, 11) is 0. The number of aromatic nitrogens is 1. The average molecular weight is 388 g/mol. The summed E-state index contributed by atoms with van der Waals surface area (Å²) < 4.78 is 1.90. The highest BCUT2D eigenvalue weighted by Gasteiger charge is 2.33. The third-order valence-electron chi connectivity index (χ3n) is 4.54. The largest absolute Gasteiger partial charge is 0.398 e. The number of nitrogen functional groups attached to an aromatic ring is 1. The van der Waals surface area contributed by atoms with Crippen LogP contribution in [0.4, 0.5) is 5.69 Å². The van der Waals surface area contributed by atoms with Crippen LogP contribution in [0.1, 0.15) is 31.8 Å². The van der Waals surface area contributed by atoms with E-state index in [4.69, 9.17) is 5.73 Å². The van der Waals surface area contributed by atoms with Crippen molar-refractivity contribution in [2.75, 3.05) is 5.73 Å². The second kappa shape index (κ2) is 6.04. The molecule has 0 fully saturated rings. The van der Waals surface area contributed by atoms with Gasteiger partial charge in [-0.15, -0.1) is 11.3 Å². The van der Waals surface area contributed by atoms with E-state index in [1.54, 1.807) is 47.7 Å². The van der Waals surface area contributed by atoms with Crippen LogP contribution in [0.2, 0.25) is 0 Å². The molecule has 0 unspecified atom stereocenters. The van der Waals surface area contributed by atoms with E-state index in [-0.39, 0.29) is 11.6 Å². The summed E-state index contributed by atoms with van der Waals surface area (Å²) in [5.74, 6) is -0.374. The molecule has 0 radical (unpaired) electrons. The highest BCUT2D eigenvalue weighted by molar-refractivity contribution is 8.01. The average Bonchev–Trinajstić information content (AvgIpc) is 3.10. The van der Waals surface area contributed by atoms with Crippen molar-refractivity contribution < 1.29 is 9.59 Å². The third-order valence-corrected chi connectivity index (χ3v) is 6.70. The topological polar surface area (TPSA) is 73.0 Å². The highest BCUT2D eigenvalue weighted by atomic mass is 32.2. The second-order valence-electron chi connectivity index (χ2n) is 6.16. The molecular weight excluding hydrogens is 376 g/mol. The Balaban J connectivity index is 1.67. The fourth-order valence-corrected chi connectivity index (χ4v) is 5.46. The fraction of sp³-hybridized carbons (Fsp3) is 0. The number of ketones is 2. The summed E-state index contributed by atoms with van der Waals surface area (Å²) in [6.07, 6.45) is 0. The zero-order valence-corrected chi connectivity index (χ0v) is 15.6. The number of benzene rings is 3. The number of carbonyl (C=O) groups excluding carboxylic acids is 2. The molecule has 0 saturated carbocycles. The molecule has 4 nitrogen and oxygen atoms in total. The first-order chi connectivity index (χ1) is 13.1. The summed E-state index contributed by atoms with van der Waals surface area (Å²) in [5, 5.41) is 0. The van der Waals surface area contributed by atoms with Gasteiger partial charge in [0.15, 0.2) is 15.9 Å². The number of fused-ring (bicyclic) bond motifs is 3. The molecule has 0 spiro atoms. The van der Waals surface area contributed by atoms with Crippen LogP contribution in [-0.4, -0.2) is 16.6 Å². The normalized spacial score (nSPS) is 12.9. The first kappa shape index (κ1) is 16.2. The number of hydrogen-bond acceptors (Lipinski definition) is 6. The summed E-state index contributed by atoms with van der Waals surface area (Å²) >= 11 is 2.95. The first-order valence-corrected chi connectivity index (χ1v) is 9.91. The Morgan fingerprint density at radius 2 is 1.48 bits per heavy atom. The zero-order valence-electron chi connectivity index (χ0n) is 13.9. The molecular formula is C21H12N2O2S2. The number of para-hydroxylation sites is 1. The molecule has 6 heteroatoms. The Morgan fingerprint density at radius 3 is 2.22 bits per heavy atom. The number of anilines is 1. The molecule has 1 aliphatic rings. The smallest absolute Gasteiger partial charge is 0.196 e. The molecule has 1 aromatic heterocycles. The minimum Gasteiger partial charge on any atom is -0.398 e. The van der Waals surface area contributed by atoms with Crippen LogP contribution in [0.3, 0.4) is 0 Å². The van der Waals surface area contributed by atoms with Crippen molar-refractivity contribution in [3.63, 3.8) is 0 Å². The van der Waals surface area contributed by atoms with Gasteiger partial charge in [-0.3, -0.25) is 9.59 Å². The lowest BCUT2D eigenvalue weighted by Gasteiger charge is -2.21. The Labute approximate surface area is 163 Å². The minimum atomic E-state index is -0.204. The van der Waals surface area contributed by atoms with Gasteiger partial charge >= 0.3 is 0 Å². The van der Waals surface area contributed by atoms with Gasteiger partial charge in [-0.25, -0.2) is 4.98 Å². The maximum atomic E-state index is 13.2. The Morgan fingerprint density at radius 1 is 0.815 bits per heavy atom. The van der Waals surface area contributed by atoms with E-state index in [2.05, 4.69) is 4.98 Å². The summed E-state index contributed by atoms with van der Waals surface area (Å²) in [6, 6.07) is 18.3. The van der Waals surface area contributed by atoms with Gasteiger partial charge in [-0.2, -0.15) is 0 Å². The third kappa shape index (κ3) is 2.49. The predicted molar refractivity (Wildman–Crippen MR) is 108 cm³/mol. The van der Waals surface area contributed by atoms with Crippen molar-refractivity contribution in [2.24, 2.45) is 0 Å². The van der Waals surface area contributed by atoms with E-state index in [1.807, 2.05) is 24.3 Å². The van der Waals surface area contributed by atoms with Crippen molar-refractivity contribution in [1.82, 2.24) is 4.98 Å². The first-order valence-electron chi connectivity index (χ1n) is 8.28. The Hall–Kier alpha value is -2.96. The molecule has 1 aliphatic carbocycles. The fourth-order valence-electron chi connectivity index (χ4n) is 3.29. The van der Waals surface area contributed by atoms with Gasteiger partial charge in [0.25, 0.3) is 0 Å². The minimum absolute atomic E-state index is 0.170. The number of hydrogen-bond donors (Lipinski definition) is 1. The molecule has 0 saturated heterocycles. The highest BCUT2D eigenvalue weighted by Crippen LogP contribution is 2.41. The van der Waals surface area contributed by atoms with E-state index in [9.17, 15) is 9.59 Å². The van der Waals surface area contributed by atoms with Gasteiger partial charge in [0.2, 0.25) is 0 Å². The molecule has 27 heavy (non-hydrogen) atoms. The number of nitrogens with two attached hydrogens (primary N) is 1. The quantitative estimate of drug-likeness (QED) is 0.440. The standard InChI is InChI=1S/C21H12N2O2S2/c22-13-9-10-16(27-21-23-14-7-3-4-8-15(14)26-21)18-17(13)19(24)11-5-1-2-6-12(11)20(18)25/h1-10H,22H2. The predicted octanol–water partition coefficient (Wildman–Crippen LogP) is 4.81. The Bertz CT molecular complexity index is 1230. The summed E-state index contributed by atoms with van der Waals surface area (Å²) in [5.41, 5.74) is 8.83. The number of rotatable bonds is 2. The van der Waals surface area contributed by atoms with Crippen LogP contribution < -0.4 is 5.73 Å². The summed E-state index contributed by atoms with van der Waals surface area (Å²) in [6.45, 7) is 0. The van der Waals surface area contributed by atoms with Gasteiger partial charge < -0.3 is 5.73 Å². The molecule has 5 rings (SSSR count). The van der Waals surface area contributed by atoms with Gasteiger partial charge in [0.05, 0.1) is 15.8 Å². The van der Waals surface area contributed by atoms with Crippen LogP contribution >= 0.6 is 23.1 Å². The molecule has 1 heterocycles. The van der Waals surface area contributed by atoms with E-state index in [0.29, 0.717) is 32.8 Å². The van der Waals surface area contributed by atoms with Crippen molar-refractivity contribution in [1.29, 1.82) is 0 Å². The number of carbonyl (C=O) groups is 2. The van der Waals surface area contributed by atoms with E-state index < -0.39 is 0 Å². The number of nitrogens with zero attached hydrogens (tertiary/aromatic N) is 1. The van der Waals surface area contributed by atoms with Crippen molar-refractivity contribution in [3.05, 3.63) is 82.9 Å². The van der Waals surface area contributed by atoms with Gasteiger partial charge in [-0.05, 0) is 24.3 Å². The maximum Gasteiger partial charge on any atom is 0.196 e. The lowest BCUT2D eigenvalue weighted by Crippen LogP contribution is -2.23. The van der Waals surface area contributed by atoms with E-state index >= 15 is 0 Å². The zero-order chi connectivity index (χ0) is 18.5. The van der Waals surface area contributed by atoms with Gasteiger partial charge in [-0.1, -0.05) is 48.2 Å². The lowest BCUT2D eigenvalue weighted by atomic mass is 9.83. The van der Waals surface area contributed by atoms with Crippen LogP contribution in [-0.2, 0) is 0 Å². The maximum absolute atomic E-state index is 13.2. The van der Waals surface area contributed by atoms with E-state index in [1.165, 1.54) is 11.8 Å². The molecule has 2 N–H and O–H groups in total. The number of thiazole rings is 1. The van der Waals surface area contributed by atoms with Gasteiger partial charge in [0.1, 0.15) is 0 Å². The van der Waals surface area contributed by atoms with Crippen LogP contribution in [0.25, 0.3) is 10.2 Å². The molecule has 0 bridgehead atoms.